The number of aryl methyl sites for hydroxylation is 2. The Balaban J connectivity index is 1.46. The zero-order valence-electron chi connectivity index (χ0n) is 26.6. The van der Waals surface area contributed by atoms with Gasteiger partial charge in [0.1, 0.15) is 0 Å². The van der Waals surface area contributed by atoms with E-state index in [1.165, 1.54) is 49.7 Å². The molecule has 46 heavy (non-hydrogen) atoms. The first-order valence-corrected chi connectivity index (χ1v) is 17.0. The number of anilines is 6. The van der Waals surface area contributed by atoms with Crippen molar-refractivity contribution < 1.29 is 9.59 Å². The summed E-state index contributed by atoms with van der Waals surface area (Å²) in [5.41, 5.74) is 17.9. The van der Waals surface area contributed by atoms with Gasteiger partial charge in [-0.15, -0.1) is 0 Å². The van der Waals surface area contributed by atoms with Crippen LogP contribution in [-0.2, 0) is 12.8 Å². The fourth-order valence-corrected chi connectivity index (χ4v) is 6.46. The summed E-state index contributed by atoms with van der Waals surface area (Å²) in [5, 5.41) is 6.94. The minimum atomic E-state index is -0.450. The van der Waals surface area contributed by atoms with Crippen LogP contribution < -0.4 is 22.1 Å². The predicted molar refractivity (Wildman–Crippen MR) is 194 cm³/mol. The molecule has 0 saturated carbocycles. The van der Waals surface area contributed by atoms with Crippen LogP contribution in [-0.4, -0.2) is 11.6 Å². The molecule has 1 aliphatic carbocycles. The molecule has 0 spiro atoms. The molecule has 240 valence electrons. The first-order valence-electron chi connectivity index (χ1n) is 16.3. The van der Waals surface area contributed by atoms with Crippen molar-refractivity contribution in [2.75, 3.05) is 22.1 Å². The Morgan fingerprint density at radius 2 is 0.913 bits per heavy atom. The lowest BCUT2D eigenvalue weighted by Crippen LogP contribution is -2.26. The highest BCUT2D eigenvalue weighted by atomic mass is 35.5. The number of halogens is 2. The van der Waals surface area contributed by atoms with Crippen molar-refractivity contribution in [2.45, 2.75) is 78.1 Å². The number of fused-ring (bicyclic) bond motifs is 2. The second-order valence-corrected chi connectivity index (χ2v) is 12.9. The van der Waals surface area contributed by atoms with Crippen LogP contribution >= 0.6 is 23.2 Å². The van der Waals surface area contributed by atoms with Gasteiger partial charge in [0.25, 0.3) is 0 Å². The summed E-state index contributed by atoms with van der Waals surface area (Å²) in [6, 6.07) is 19.2. The lowest BCUT2D eigenvalue weighted by molar-refractivity contribution is 0.0981. The Morgan fingerprint density at radius 3 is 1.26 bits per heavy atom. The molecule has 4 aromatic rings. The van der Waals surface area contributed by atoms with Crippen molar-refractivity contribution in [3.05, 3.63) is 104 Å². The normalized spacial score (nSPS) is 12.2. The monoisotopic (exact) mass is 656 g/mol. The van der Waals surface area contributed by atoms with Crippen LogP contribution in [0.3, 0.4) is 0 Å². The smallest absolute Gasteiger partial charge is 0.198 e. The second kappa shape index (κ2) is 15.1. The third-order valence-corrected chi connectivity index (χ3v) is 9.27. The van der Waals surface area contributed by atoms with Gasteiger partial charge in [-0.3, -0.25) is 9.59 Å². The summed E-state index contributed by atoms with van der Waals surface area (Å²) in [6.07, 6.45) is 11.6. The predicted octanol–water partition coefficient (Wildman–Crippen LogP) is 10.7. The number of unbranched alkanes of at least 4 members (excludes halogenated alkanes) is 6. The molecule has 6 N–H and O–H groups in total. The van der Waals surface area contributed by atoms with Gasteiger partial charge in [-0.2, -0.15) is 0 Å². The van der Waals surface area contributed by atoms with Gasteiger partial charge in [0, 0.05) is 11.4 Å². The maximum Gasteiger partial charge on any atom is 0.198 e. The lowest BCUT2D eigenvalue weighted by atomic mass is 9.80. The van der Waals surface area contributed by atoms with Crippen molar-refractivity contribution >= 4 is 68.9 Å². The van der Waals surface area contributed by atoms with E-state index in [-0.39, 0.29) is 43.7 Å². The van der Waals surface area contributed by atoms with Crippen LogP contribution in [0, 0.1) is 0 Å². The molecule has 0 atom stereocenters. The largest absolute Gasteiger partial charge is 0.397 e. The standard InChI is InChI=1S/C38H42Cl2N4O2/c1-3-5-7-9-11-23-13-17-25(18-14-23)43-29-21-27(39)35(41)33-31(29)37(45)34-32(38(33)46)30(22-28(40)36(34)42)44-26-19-15-24(16-20-26)12-10-8-6-4-2/h13-22,43-44H,3-12,41-42H2,1-2H3. The Morgan fingerprint density at radius 1 is 0.543 bits per heavy atom. The molecule has 0 saturated heterocycles. The third kappa shape index (κ3) is 7.19. The number of benzene rings is 4. The van der Waals surface area contributed by atoms with Crippen molar-refractivity contribution in [1.82, 2.24) is 0 Å². The number of rotatable bonds is 14. The maximum atomic E-state index is 14.3. The van der Waals surface area contributed by atoms with Crippen LogP contribution in [0.15, 0.2) is 60.7 Å². The summed E-state index contributed by atoms with van der Waals surface area (Å²) in [4.78, 5) is 28.5. The molecule has 8 heteroatoms. The molecule has 1 aliphatic rings. The minimum Gasteiger partial charge on any atom is -0.397 e. The van der Waals surface area contributed by atoms with Gasteiger partial charge in [-0.05, 0) is 73.2 Å². The number of carbonyl (C=O) groups excluding carboxylic acids is 2. The molecule has 0 aromatic heterocycles. The van der Waals surface area contributed by atoms with Crippen LogP contribution in [0.5, 0.6) is 0 Å². The van der Waals surface area contributed by atoms with Gasteiger partial charge in [0.2, 0.25) is 0 Å². The number of carbonyl (C=O) groups is 2. The lowest BCUT2D eigenvalue weighted by Gasteiger charge is -2.26. The fraction of sp³-hybridized carbons (Fsp3) is 0.316. The van der Waals surface area contributed by atoms with Gasteiger partial charge in [-0.1, -0.05) is 99.8 Å². The van der Waals surface area contributed by atoms with Crippen LogP contribution in [0.25, 0.3) is 0 Å². The Hall–Kier alpha value is -4.00. The number of nitrogens with one attached hydrogen (secondary N) is 2. The molecule has 0 aliphatic heterocycles. The van der Waals surface area contributed by atoms with Gasteiger partial charge in [-0.25, -0.2) is 0 Å². The van der Waals surface area contributed by atoms with Crippen molar-refractivity contribution in [1.29, 1.82) is 0 Å². The molecule has 0 unspecified atom stereocenters. The number of ketones is 2. The van der Waals surface area contributed by atoms with E-state index in [1.54, 1.807) is 12.1 Å². The average molecular weight is 658 g/mol. The molecular formula is C38H42Cl2N4O2. The van der Waals surface area contributed by atoms with Crippen molar-refractivity contribution in [3.8, 4) is 0 Å². The minimum absolute atomic E-state index is 0.0422. The van der Waals surface area contributed by atoms with Crippen LogP contribution in [0.2, 0.25) is 10.0 Å². The van der Waals surface area contributed by atoms with E-state index in [4.69, 9.17) is 34.7 Å². The highest BCUT2D eigenvalue weighted by molar-refractivity contribution is 6.42. The summed E-state index contributed by atoms with van der Waals surface area (Å²) < 4.78 is 0. The van der Waals surface area contributed by atoms with E-state index < -0.39 is 11.6 Å². The Kier molecular flexibility index (Phi) is 10.9. The van der Waals surface area contributed by atoms with Gasteiger partial charge in [0.05, 0.1) is 55.0 Å². The number of nitrogen functional groups attached to an aromatic ring is 2. The molecule has 0 radical (unpaired) electrons. The Labute approximate surface area is 281 Å². The average Bonchev–Trinajstić information content (AvgIpc) is 3.05. The molecule has 0 fully saturated rings. The first-order chi connectivity index (χ1) is 22.2. The van der Waals surface area contributed by atoms with Gasteiger partial charge < -0.3 is 22.1 Å². The number of hydrogen-bond donors (Lipinski definition) is 4. The van der Waals surface area contributed by atoms with Crippen LogP contribution in [0.4, 0.5) is 34.1 Å². The van der Waals surface area contributed by atoms with Gasteiger partial charge in [0.15, 0.2) is 11.6 Å². The third-order valence-electron chi connectivity index (χ3n) is 8.65. The van der Waals surface area contributed by atoms with Crippen molar-refractivity contribution in [3.63, 3.8) is 0 Å². The molecule has 4 aromatic carbocycles. The fourth-order valence-electron chi connectivity index (χ4n) is 6.05. The van der Waals surface area contributed by atoms with E-state index in [0.717, 1.165) is 37.1 Å². The van der Waals surface area contributed by atoms with E-state index in [9.17, 15) is 9.59 Å². The first kappa shape index (κ1) is 33.4. The second-order valence-electron chi connectivity index (χ2n) is 12.1. The summed E-state index contributed by atoms with van der Waals surface area (Å²) in [5.74, 6) is -0.901. The summed E-state index contributed by atoms with van der Waals surface area (Å²) in [7, 11) is 0. The quantitative estimate of drug-likeness (QED) is 0.0699. The highest BCUT2D eigenvalue weighted by Gasteiger charge is 2.38. The molecular weight excluding hydrogens is 615 g/mol. The summed E-state index contributed by atoms with van der Waals surface area (Å²) in [6.45, 7) is 4.40. The zero-order valence-corrected chi connectivity index (χ0v) is 28.1. The number of hydrogen-bond acceptors (Lipinski definition) is 6. The van der Waals surface area contributed by atoms with E-state index in [0.29, 0.717) is 11.4 Å². The van der Waals surface area contributed by atoms with E-state index in [1.807, 2.05) is 24.3 Å². The van der Waals surface area contributed by atoms with Gasteiger partial charge >= 0.3 is 0 Å². The topological polar surface area (TPSA) is 110 Å². The molecule has 5 rings (SSSR count). The van der Waals surface area contributed by atoms with Crippen LogP contribution in [0.1, 0.15) is 108 Å². The van der Waals surface area contributed by atoms with E-state index in [2.05, 4.69) is 48.7 Å². The summed E-state index contributed by atoms with van der Waals surface area (Å²) >= 11 is 13.1. The van der Waals surface area contributed by atoms with Crippen molar-refractivity contribution in [2.24, 2.45) is 0 Å². The molecule has 6 nitrogen and oxygen atoms in total. The molecule has 0 heterocycles. The Bertz CT molecular complexity index is 1610. The SMILES string of the molecule is CCCCCCc1ccc(Nc2cc(Cl)c(N)c3c2C(=O)c2c(N)c(Cl)cc(Nc4ccc(CCCCCC)cc4)c2C3=O)cc1. The zero-order chi connectivity index (χ0) is 32.8. The van der Waals surface area contributed by atoms with E-state index >= 15 is 0 Å². The maximum absolute atomic E-state index is 14.3. The highest BCUT2D eigenvalue weighted by Crippen LogP contribution is 2.45. The molecule has 0 bridgehead atoms. The molecule has 0 amide bonds. The number of nitrogens with two attached hydrogens (primary N) is 2.